The highest BCUT2D eigenvalue weighted by atomic mass is 16.3. The minimum Gasteiger partial charge on any atom is -0.455 e. The molecule has 1 aliphatic rings. The average molecular weight is 640 g/mol. The van der Waals surface area contributed by atoms with Gasteiger partial charge in [-0.15, -0.1) is 0 Å². The van der Waals surface area contributed by atoms with Crippen molar-refractivity contribution in [3.8, 4) is 45.3 Å². The van der Waals surface area contributed by atoms with Gasteiger partial charge in [0.1, 0.15) is 11.2 Å². The first-order valence-electron chi connectivity index (χ1n) is 16.9. The first-order chi connectivity index (χ1) is 24.8. The Balaban J connectivity index is 1.22. The van der Waals surface area contributed by atoms with E-state index in [1.807, 2.05) is 60.7 Å². The summed E-state index contributed by atoms with van der Waals surface area (Å²) in [6.07, 6.45) is 0. The van der Waals surface area contributed by atoms with Crippen molar-refractivity contribution in [3.63, 3.8) is 0 Å². The van der Waals surface area contributed by atoms with Gasteiger partial charge in [0.05, 0.1) is 11.0 Å². The van der Waals surface area contributed by atoms with Crippen LogP contribution in [0, 0.1) is 0 Å². The molecule has 0 aliphatic heterocycles. The molecule has 2 aromatic heterocycles. The second kappa shape index (κ2) is 11.2. The van der Waals surface area contributed by atoms with Gasteiger partial charge in [0, 0.05) is 21.9 Å². The number of hydrogen-bond donors (Lipinski definition) is 0. The van der Waals surface area contributed by atoms with Crippen molar-refractivity contribution in [2.75, 3.05) is 0 Å². The lowest BCUT2D eigenvalue weighted by Crippen LogP contribution is -2.28. The lowest BCUT2D eigenvalue weighted by molar-refractivity contribution is 0.669. The minimum absolute atomic E-state index is 0.469. The van der Waals surface area contributed by atoms with Crippen LogP contribution in [-0.2, 0) is 5.41 Å². The summed E-state index contributed by atoms with van der Waals surface area (Å²) >= 11 is 0. The van der Waals surface area contributed by atoms with Gasteiger partial charge in [0.25, 0.3) is 0 Å². The summed E-state index contributed by atoms with van der Waals surface area (Å²) in [5.74, 6) is 1.80. The third-order valence-corrected chi connectivity index (χ3v) is 10.0. The van der Waals surface area contributed by atoms with Gasteiger partial charge in [-0.3, -0.25) is 0 Å². The van der Waals surface area contributed by atoms with E-state index in [0.29, 0.717) is 17.5 Å². The number of aromatic nitrogens is 3. The fourth-order valence-electron chi connectivity index (χ4n) is 7.85. The van der Waals surface area contributed by atoms with Crippen LogP contribution in [0.15, 0.2) is 180 Å². The molecule has 2 heterocycles. The van der Waals surface area contributed by atoms with Crippen LogP contribution in [0.25, 0.3) is 67.2 Å². The summed E-state index contributed by atoms with van der Waals surface area (Å²) in [6.45, 7) is 0. The fourth-order valence-corrected chi connectivity index (χ4v) is 7.85. The van der Waals surface area contributed by atoms with Crippen LogP contribution in [0.3, 0.4) is 0 Å². The molecule has 0 bridgehead atoms. The van der Waals surface area contributed by atoms with Crippen molar-refractivity contribution in [3.05, 3.63) is 198 Å². The Morgan fingerprint density at radius 1 is 0.380 bits per heavy atom. The van der Waals surface area contributed by atoms with Gasteiger partial charge in [-0.2, -0.15) is 0 Å². The Kier molecular flexibility index (Phi) is 6.36. The van der Waals surface area contributed by atoms with Gasteiger partial charge in [0.15, 0.2) is 17.5 Å². The predicted octanol–water partition coefficient (Wildman–Crippen LogP) is 11.1. The number of rotatable bonds is 5. The molecular formula is C46H29N3O. The van der Waals surface area contributed by atoms with E-state index in [2.05, 4.69) is 115 Å². The predicted molar refractivity (Wildman–Crippen MR) is 201 cm³/mol. The van der Waals surface area contributed by atoms with E-state index >= 15 is 0 Å². The highest BCUT2D eigenvalue weighted by Crippen LogP contribution is 2.56. The van der Waals surface area contributed by atoms with Crippen LogP contribution in [-0.4, -0.2) is 15.0 Å². The smallest absolute Gasteiger partial charge is 0.167 e. The summed E-state index contributed by atoms with van der Waals surface area (Å²) in [4.78, 5) is 15.3. The standard InChI is InChI=1S/C46H29N3O/c1-4-15-30(16-5-1)43-47-44(49-45(48-43)37-24-14-23-36-35-22-11-13-26-41(35)50-42(36)37)31-27-28-40-38(29-31)34-21-10-12-25-39(34)46(40,32-17-6-2-7-18-32)33-19-8-3-9-20-33/h1-29H. The molecule has 1 aliphatic carbocycles. The molecule has 10 rings (SSSR count). The maximum absolute atomic E-state index is 6.44. The number of para-hydroxylation sites is 2. The van der Waals surface area contributed by atoms with Crippen LogP contribution in [0.1, 0.15) is 22.3 Å². The third kappa shape index (κ3) is 4.22. The van der Waals surface area contributed by atoms with E-state index < -0.39 is 5.41 Å². The molecule has 0 atom stereocenters. The maximum Gasteiger partial charge on any atom is 0.167 e. The Hall–Kier alpha value is -6.65. The Morgan fingerprint density at radius 3 is 1.70 bits per heavy atom. The zero-order valence-electron chi connectivity index (χ0n) is 27.0. The molecule has 4 heteroatoms. The van der Waals surface area contributed by atoms with Gasteiger partial charge < -0.3 is 4.42 Å². The van der Waals surface area contributed by atoms with Gasteiger partial charge in [0.2, 0.25) is 0 Å². The molecule has 0 unspecified atom stereocenters. The maximum atomic E-state index is 6.44. The molecule has 4 nitrogen and oxygen atoms in total. The first-order valence-corrected chi connectivity index (χ1v) is 16.9. The fraction of sp³-hybridized carbons (Fsp3) is 0.0217. The number of furan rings is 1. The summed E-state index contributed by atoms with van der Waals surface area (Å²) < 4.78 is 6.44. The number of fused-ring (bicyclic) bond motifs is 6. The molecule has 0 radical (unpaired) electrons. The van der Waals surface area contributed by atoms with Crippen molar-refractivity contribution >= 4 is 21.9 Å². The van der Waals surface area contributed by atoms with Crippen LogP contribution in [0.4, 0.5) is 0 Å². The van der Waals surface area contributed by atoms with E-state index in [1.54, 1.807) is 0 Å². The molecule has 50 heavy (non-hydrogen) atoms. The first kappa shape index (κ1) is 28.4. The molecule has 7 aromatic carbocycles. The van der Waals surface area contributed by atoms with Crippen molar-refractivity contribution in [2.24, 2.45) is 0 Å². The van der Waals surface area contributed by atoms with Gasteiger partial charge in [-0.1, -0.05) is 158 Å². The van der Waals surface area contributed by atoms with Crippen LogP contribution in [0.5, 0.6) is 0 Å². The zero-order chi connectivity index (χ0) is 33.1. The Morgan fingerprint density at radius 2 is 0.940 bits per heavy atom. The Bertz CT molecular complexity index is 2660. The SMILES string of the molecule is c1ccc(-c2nc(-c3ccc4c(c3)-c3ccccc3C4(c3ccccc3)c3ccccc3)nc(-c3cccc4c3oc3ccccc34)n2)cc1. The second-order valence-corrected chi connectivity index (χ2v) is 12.7. The second-order valence-electron chi connectivity index (χ2n) is 12.7. The van der Waals surface area contributed by atoms with Crippen LogP contribution < -0.4 is 0 Å². The summed E-state index contributed by atoms with van der Waals surface area (Å²) in [7, 11) is 0. The Labute approximate surface area is 289 Å². The van der Waals surface area contributed by atoms with Crippen molar-refractivity contribution in [1.29, 1.82) is 0 Å². The molecule has 0 N–H and O–H groups in total. The lowest BCUT2D eigenvalue weighted by atomic mass is 9.67. The number of hydrogen-bond acceptors (Lipinski definition) is 4. The van der Waals surface area contributed by atoms with Crippen LogP contribution in [0.2, 0.25) is 0 Å². The lowest BCUT2D eigenvalue weighted by Gasteiger charge is -2.33. The van der Waals surface area contributed by atoms with Crippen molar-refractivity contribution in [2.45, 2.75) is 5.41 Å². The summed E-state index contributed by atoms with van der Waals surface area (Å²) in [5.41, 5.74) is 11.2. The molecule has 0 amide bonds. The van der Waals surface area contributed by atoms with E-state index in [0.717, 1.165) is 38.6 Å². The van der Waals surface area contributed by atoms with Gasteiger partial charge in [-0.25, -0.2) is 15.0 Å². The van der Waals surface area contributed by atoms with Gasteiger partial charge >= 0.3 is 0 Å². The van der Waals surface area contributed by atoms with E-state index in [-0.39, 0.29) is 0 Å². The molecule has 0 spiro atoms. The van der Waals surface area contributed by atoms with Crippen molar-refractivity contribution < 1.29 is 4.42 Å². The number of nitrogens with zero attached hydrogens (tertiary/aromatic N) is 3. The van der Waals surface area contributed by atoms with Gasteiger partial charge in [-0.05, 0) is 51.6 Å². The normalized spacial score (nSPS) is 13.0. The number of benzene rings is 7. The van der Waals surface area contributed by atoms with Crippen LogP contribution >= 0.6 is 0 Å². The highest BCUT2D eigenvalue weighted by molar-refractivity contribution is 6.09. The molecule has 9 aromatic rings. The summed E-state index contributed by atoms with van der Waals surface area (Å²) in [5, 5.41) is 2.10. The minimum atomic E-state index is -0.469. The third-order valence-electron chi connectivity index (χ3n) is 10.0. The molecular weight excluding hydrogens is 611 g/mol. The highest BCUT2D eigenvalue weighted by Gasteiger charge is 2.46. The molecule has 0 saturated carbocycles. The van der Waals surface area contributed by atoms with Crippen molar-refractivity contribution in [1.82, 2.24) is 15.0 Å². The van der Waals surface area contributed by atoms with E-state index in [9.17, 15) is 0 Å². The molecule has 234 valence electrons. The molecule has 0 fully saturated rings. The summed E-state index contributed by atoms with van der Waals surface area (Å²) in [6, 6.07) is 61.6. The average Bonchev–Trinajstić information content (AvgIpc) is 3.73. The largest absolute Gasteiger partial charge is 0.455 e. The zero-order valence-corrected chi connectivity index (χ0v) is 27.0. The molecule has 0 saturated heterocycles. The topological polar surface area (TPSA) is 51.8 Å². The quantitative estimate of drug-likeness (QED) is 0.188. The monoisotopic (exact) mass is 639 g/mol. The van der Waals surface area contributed by atoms with E-state index in [1.165, 1.54) is 33.4 Å². The van der Waals surface area contributed by atoms with E-state index in [4.69, 9.17) is 19.4 Å².